The first-order chi connectivity index (χ1) is 11.3. The average Bonchev–Trinajstić information content (AvgIpc) is 2.31. The standard InChI is InChI=1S/C9H12F6O9S2.2Na/c1-5(7(8(10,11)12)9(13,14)15)22-2-6(3-23-25(16,17)18)4-24-26(19,20)21;;/h6H,2-4H2,1H3,(H,16,17,18)(H,19,20,21);;/q;2*+1/p-2. The minimum absolute atomic E-state index is 0. The Hall–Kier alpha value is 0.860. The molecule has 0 spiro atoms. The molecule has 0 fully saturated rings. The van der Waals surface area contributed by atoms with E-state index in [-0.39, 0.29) is 59.1 Å². The van der Waals surface area contributed by atoms with Gasteiger partial charge in [0.25, 0.3) is 0 Å². The summed E-state index contributed by atoms with van der Waals surface area (Å²) in [5.41, 5.74) is -3.00. The monoisotopic (exact) mass is 486 g/mol. The quantitative estimate of drug-likeness (QED) is 0.103. The Morgan fingerprint density at radius 1 is 0.821 bits per heavy atom. The molecule has 0 radical (unpaired) electrons. The molecule has 28 heavy (non-hydrogen) atoms. The smallest absolute Gasteiger partial charge is 0.726 e. The van der Waals surface area contributed by atoms with Crippen molar-refractivity contribution in [2.75, 3.05) is 19.8 Å². The topological polar surface area (TPSA) is 142 Å². The Bertz CT molecular complexity index is 665. The molecule has 0 aliphatic rings. The summed E-state index contributed by atoms with van der Waals surface area (Å²) < 4.78 is 148. The van der Waals surface area contributed by atoms with Gasteiger partial charge in [-0.25, -0.2) is 16.8 Å². The fraction of sp³-hybridized carbons (Fsp3) is 0.778. The summed E-state index contributed by atoms with van der Waals surface area (Å²) >= 11 is 0. The number of allylic oxidation sites excluding steroid dienone is 2. The second-order valence-corrected chi connectivity index (χ2v) is 6.59. The molecule has 0 aromatic rings. The zero-order valence-electron chi connectivity index (χ0n) is 14.5. The van der Waals surface area contributed by atoms with Gasteiger partial charge < -0.3 is 13.8 Å². The number of rotatable bonds is 9. The van der Waals surface area contributed by atoms with Crippen molar-refractivity contribution in [3.05, 3.63) is 11.3 Å². The number of halogens is 6. The summed E-state index contributed by atoms with van der Waals surface area (Å²) in [6.45, 7) is -3.37. The Labute approximate surface area is 200 Å². The van der Waals surface area contributed by atoms with Crippen molar-refractivity contribution in [2.45, 2.75) is 19.3 Å². The average molecular weight is 486 g/mol. The maximum atomic E-state index is 12.5. The van der Waals surface area contributed by atoms with E-state index in [1.807, 2.05) is 0 Å². The number of alkyl halides is 6. The Morgan fingerprint density at radius 3 is 1.39 bits per heavy atom. The van der Waals surface area contributed by atoms with Crippen LogP contribution >= 0.6 is 0 Å². The van der Waals surface area contributed by atoms with Crippen LogP contribution in [0.4, 0.5) is 26.3 Å². The fourth-order valence-corrected chi connectivity index (χ4v) is 2.10. The SMILES string of the molecule is CC(OCC(COS(=O)(=O)[O-])COS(=O)(=O)[O-])=C(C(F)(F)F)C(F)(F)F.[Na+].[Na+]. The molecule has 0 rings (SSSR count). The van der Waals surface area contributed by atoms with Gasteiger partial charge in [0.1, 0.15) is 5.76 Å². The van der Waals surface area contributed by atoms with Crippen molar-refractivity contribution in [1.29, 1.82) is 0 Å². The molecule has 0 aromatic carbocycles. The van der Waals surface area contributed by atoms with E-state index in [0.29, 0.717) is 6.92 Å². The van der Waals surface area contributed by atoms with Crippen LogP contribution in [0.3, 0.4) is 0 Å². The molecule has 0 amide bonds. The zero-order valence-corrected chi connectivity index (χ0v) is 20.1. The molecule has 0 bridgehead atoms. The van der Waals surface area contributed by atoms with E-state index in [0.717, 1.165) is 0 Å². The summed E-state index contributed by atoms with van der Waals surface area (Å²) in [6.07, 6.45) is -11.7. The van der Waals surface area contributed by atoms with Gasteiger partial charge in [-0.3, -0.25) is 8.37 Å². The molecule has 0 N–H and O–H groups in total. The first-order valence-electron chi connectivity index (χ1n) is 6.01. The van der Waals surface area contributed by atoms with Crippen LogP contribution in [0.1, 0.15) is 6.92 Å². The normalized spacial score (nSPS) is 12.8. The van der Waals surface area contributed by atoms with Gasteiger partial charge in [0.05, 0.1) is 19.8 Å². The van der Waals surface area contributed by atoms with Crippen LogP contribution in [0, 0.1) is 5.92 Å². The van der Waals surface area contributed by atoms with E-state index in [1.54, 1.807) is 0 Å². The third kappa shape index (κ3) is 15.7. The van der Waals surface area contributed by atoms with Gasteiger partial charge in [-0.05, 0) is 6.92 Å². The number of hydrogen-bond donors (Lipinski definition) is 0. The molecule has 0 saturated heterocycles. The molecule has 0 unspecified atom stereocenters. The van der Waals surface area contributed by atoms with Gasteiger partial charge in [-0.2, -0.15) is 26.3 Å². The maximum absolute atomic E-state index is 12.5. The van der Waals surface area contributed by atoms with Gasteiger partial charge in [0.2, 0.25) is 20.8 Å². The van der Waals surface area contributed by atoms with Gasteiger partial charge in [-0.1, -0.05) is 0 Å². The second kappa shape index (κ2) is 12.7. The molecule has 9 nitrogen and oxygen atoms in total. The molecule has 0 saturated carbocycles. The summed E-state index contributed by atoms with van der Waals surface area (Å²) in [5.74, 6) is -3.37. The van der Waals surface area contributed by atoms with Crippen molar-refractivity contribution < 1.29 is 125 Å². The molecular formula is C9H10F6Na2O9S2. The van der Waals surface area contributed by atoms with Gasteiger partial charge in [0, 0.05) is 5.92 Å². The molecule has 0 atom stereocenters. The van der Waals surface area contributed by atoms with Gasteiger partial charge in [-0.15, -0.1) is 0 Å². The van der Waals surface area contributed by atoms with E-state index >= 15 is 0 Å². The van der Waals surface area contributed by atoms with Crippen molar-refractivity contribution >= 4 is 20.8 Å². The van der Waals surface area contributed by atoms with Crippen LogP contribution in [0.15, 0.2) is 11.3 Å². The van der Waals surface area contributed by atoms with Crippen LogP contribution in [0.5, 0.6) is 0 Å². The first-order valence-corrected chi connectivity index (χ1v) is 8.68. The second-order valence-electron chi connectivity index (χ2n) is 4.49. The molecule has 0 aromatic heterocycles. The molecule has 19 heteroatoms. The Balaban J connectivity index is -0.00000312. The minimum Gasteiger partial charge on any atom is -0.726 e. The van der Waals surface area contributed by atoms with E-state index in [2.05, 4.69) is 13.1 Å². The van der Waals surface area contributed by atoms with Crippen LogP contribution < -0.4 is 59.1 Å². The number of ether oxygens (including phenoxy) is 1. The van der Waals surface area contributed by atoms with Crippen LogP contribution in [0.2, 0.25) is 0 Å². The van der Waals surface area contributed by atoms with Gasteiger partial charge in [0.15, 0.2) is 5.57 Å². The fourth-order valence-electron chi connectivity index (χ4n) is 1.38. The molecular weight excluding hydrogens is 476 g/mol. The first kappa shape index (κ1) is 33.5. The van der Waals surface area contributed by atoms with Crippen LogP contribution in [-0.4, -0.2) is 58.1 Å². The number of hydrogen-bond acceptors (Lipinski definition) is 9. The largest absolute Gasteiger partial charge is 1.00 e. The maximum Gasteiger partial charge on any atom is 1.00 e. The van der Waals surface area contributed by atoms with Crippen LogP contribution in [0.25, 0.3) is 0 Å². The summed E-state index contributed by atoms with van der Waals surface area (Å²) in [5, 5.41) is 0. The summed E-state index contributed by atoms with van der Waals surface area (Å²) in [4.78, 5) is 0. The van der Waals surface area contributed by atoms with E-state index in [1.165, 1.54) is 0 Å². The summed E-state index contributed by atoms with van der Waals surface area (Å²) in [7, 11) is -10.7. The predicted octanol–water partition coefficient (Wildman–Crippen LogP) is -5.02. The van der Waals surface area contributed by atoms with E-state index < -0.39 is 70.2 Å². The third-order valence-corrected chi connectivity index (χ3v) is 3.20. The van der Waals surface area contributed by atoms with Crippen molar-refractivity contribution in [3.8, 4) is 0 Å². The third-order valence-electron chi connectivity index (χ3n) is 2.35. The minimum atomic E-state index is -5.85. The molecule has 156 valence electrons. The van der Waals surface area contributed by atoms with Crippen molar-refractivity contribution in [2.24, 2.45) is 5.92 Å². The molecule has 0 heterocycles. The van der Waals surface area contributed by atoms with Crippen molar-refractivity contribution in [3.63, 3.8) is 0 Å². The van der Waals surface area contributed by atoms with Gasteiger partial charge >= 0.3 is 71.5 Å². The zero-order chi connectivity index (χ0) is 21.0. The molecule has 0 aliphatic heterocycles. The van der Waals surface area contributed by atoms with Crippen LogP contribution in [-0.2, 0) is 33.9 Å². The Kier molecular flexibility index (Phi) is 15.1. The Morgan fingerprint density at radius 2 is 1.14 bits per heavy atom. The van der Waals surface area contributed by atoms with Crippen molar-refractivity contribution in [1.82, 2.24) is 0 Å². The molecule has 0 aliphatic carbocycles. The predicted molar refractivity (Wildman–Crippen MR) is 65.6 cm³/mol. The van der Waals surface area contributed by atoms with E-state index in [9.17, 15) is 52.3 Å². The summed E-state index contributed by atoms with van der Waals surface area (Å²) in [6, 6.07) is 0. The van der Waals surface area contributed by atoms with E-state index in [4.69, 9.17) is 0 Å².